The smallest absolute Gasteiger partial charge is 0.466 e. The van der Waals surface area contributed by atoms with E-state index in [1.54, 1.807) is 18.2 Å². The first-order valence-electron chi connectivity index (χ1n) is 5.92. The zero-order chi connectivity index (χ0) is 19.0. The summed E-state index contributed by atoms with van der Waals surface area (Å²) in [5.74, 6) is 0.187. The van der Waals surface area contributed by atoms with Crippen LogP contribution in [0.1, 0.15) is 0 Å². The fourth-order valence-corrected chi connectivity index (χ4v) is 1.43. The molecule has 24 heavy (non-hydrogen) atoms. The number of phosphoric acid groups is 2. The Morgan fingerprint density at radius 1 is 0.583 bits per heavy atom. The summed E-state index contributed by atoms with van der Waals surface area (Å²) in [5.41, 5.74) is 1.29. The molecule has 0 spiro atoms. The number of rotatable bonds is 1. The molecule has 2 aromatic rings. The maximum absolute atomic E-state index is 9.58. The molecular weight excluding hydrogens is 366 g/mol. The minimum Gasteiger partial charge on any atom is -0.507 e. The Balaban J connectivity index is 0.000000442. The topological polar surface area (TPSA) is 196 Å². The molecule has 2 rings (SSSR count). The quantitative estimate of drug-likeness (QED) is 0.328. The predicted octanol–water partition coefficient (Wildman–Crippen LogP) is 0.908. The second-order valence-electron chi connectivity index (χ2n) is 4.06. The Bertz CT molecular complexity index is 665. The van der Waals surface area contributed by atoms with Crippen LogP contribution in [0.4, 0.5) is 0 Å². The third kappa shape index (κ3) is 12.8. The Labute approximate surface area is 136 Å². The maximum atomic E-state index is 9.58. The van der Waals surface area contributed by atoms with E-state index in [9.17, 15) is 10.2 Å². The number of aromatic hydroxyl groups is 2. The normalized spacial score (nSPS) is 10.8. The van der Waals surface area contributed by atoms with Crippen LogP contribution in [0.25, 0.3) is 11.1 Å². The molecule has 0 aliphatic rings. The van der Waals surface area contributed by atoms with Gasteiger partial charge >= 0.3 is 15.6 Å². The maximum Gasteiger partial charge on any atom is 0.466 e. The molecule has 0 amide bonds. The molecule has 10 nitrogen and oxygen atoms in total. The van der Waals surface area contributed by atoms with Crippen LogP contribution >= 0.6 is 15.6 Å². The fraction of sp³-hybridized carbons (Fsp3) is 0. The van der Waals surface area contributed by atoms with Gasteiger partial charge in [-0.3, -0.25) is 0 Å². The second kappa shape index (κ2) is 9.53. The van der Waals surface area contributed by atoms with Crippen LogP contribution in [-0.4, -0.2) is 39.6 Å². The predicted molar refractivity (Wildman–Crippen MR) is 83.7 cm³/mol. The van der Waals surface area contributed by atoms with Crippen molar-refractivity contribution in [3.8, 4) is 22.6 Å². The Morgan fingerprint density at radius 3 is 1.25 bits per heavy atom. The highest BCUT2D eigenvalue weighted by Crippen LogP contribution is 2.36. The highest BCUT2D eigenvalue weighted by molar-refractivity contribution is 7.45. The van der Waals surface area contributed by atoms with E-state index >= 15 is 0 Å². The van der Waals surface area contributed by atoms with E-state index in [-0.39, 0.29) is 11.5 Å². The van der Waals surface area contributed by atoms with E-state index in [1.165, 1.54) is 0 Å². The van der Waals surface area contributed by atoms with Crippen LogP contribution in [-0.2, 0) is 9.13 Å². The van der Waals surface area contributed by atoms with Gasteiger partial charge < -0.3 is 39.6 Å². The highest BCUT2D eigenvalue weighted by atomic mass is 31.2. The second-order valence-corrected chi connectivity index (χ2v) is 6.12. The van der Waals surface area contributed by atoms with Crippen LogP contribution < -0.4 is 0 Å². The van der Waals surface area contributed by atoms with E-state index < -0.39 is 15.6 Å². The van der Waals surface area contributed by atoms with Gasteiger partial charge in [0.1, 0.15) is 11.5 Å². The largest absolute Gasteiger partial charge is 0.507 e. The van der Waals surface area contributed by atoms with Gasteiger partial charge in [0.2, 0.25) is 0 Å². The number of phenols is 2. The summed E-state index contributed by atoms with van der Waals surface area (Å²) in [4.78, 5) is 43.1. The summed E-state index contributed by atoms with van der Waals surface area (Å²) in [6.45, 7) is 0. The average Bonchev–Trinajstić information content (AvgIpc) is 2.36. The van der Waals surface area contributed by atoms with Gasteiger partial charge in [0, 0.05) is 0 Å². The zero-order valence-corrected chi connectivity index (χ0v) is 13.7. The third-order valence-corrected chi connectivity index (χ3v) is 2.08. The monoisotopic (exact) mass is 382 g/mol. The van der Waals surface area contributed by atoms with Crippen molar-refractivity contribution in [2.24, 2.45) is 0 Å². The van der Waals surface area contributed by atoms with Crippen molar-refractivity contribution in [1.29, 1.82) is 0 Å². The minimum atomic E-state index is -4.64. The van der Waals surface area contributed by atoms with Crippen molar-refractivity contribution in [1.82, 2.24) is 0 Å². The van der Waals surface area contributed by atoms with Gasteiger partial charge in [-0.1, -0.05) is 36.4 Å². The van der Waals surface area contributed by atoms with Crippen molar-refractivity contribution in [3.63, 3.8) is 0 Å². The van der Waals surface area contributed by atoms with Gasteiger partial charge in [-0.15, -0.1) is 0 Å². The first-order chi connectivity index (χ1) is 10.8. The molecule has 134 valence electrons. The van der Waals surface area contributed by atoms with Crippen molar-refractivity contribution in [2.45, 2.75) is 0 Å². The summed E-state index contributed by atoms with van der Waals surface area (Å²) < 4.78 is 17.8. The van der Waals surface area contributed by atoms with Gasteiger partial charge in [0.05, 0.1) is 5.56 Å². The van der Waals surface area contributed by atoms with Crippen molar-refractivity contribution in [2.75, 3.05) is 0 Å². The van der Waals surface area contributed by atoms with E-state index in [4.69, 9.17) is 38.5 Å². The van der Waals surface area contributed by atoms with Crippen molar-refractivity contribution in [3.05, 3.63) is 48.5 Å². The highest BCUT2D eigenvalue weighted by Gasteiger charge is 2.07. The van der Waals surface area contributed by atoms with Gasteiger partial charge in [-0.2, -0.15) is 0 Å². The molecule has 0 radical (unpaired) electrons. The molecule has 2 aromatic carbocycles. The summed E-state index contributed by atoms with van der Waals surface area (Å²) in [6, 6.07) is 14.0. The SMILES string of the molecule is O=P(O)(O)O.O=P(O)(O)O.Oc1cccc(O)c1-c1ccccc1. The molecule has 0 aliphatic carbocycles. The van der Waals surface area contributed by atoms with E-state index in [1.807, 2.05) is 30.3 Å². The fourth-order valence-electron chi connectivity index (χ4n) is 1.43. The van der Waals surface area contributed by atoms with Gasteiger partial charge in [0.25, 0.3) is 0 Å². The number of benzene rings is 2. The third-order valence-electron chi connectivity index (χ3n) is 2.08. The summed E-state index contributed by atoms with van der Waals surface area (Å²) >= 11 is 0. The molecule has 0 aromatic heterocycles. The molecule has 0 heterocycles. The van der Waals surface area contributed by atoms with E-state index in [0.29, 0.717) is 5.56 Å². The lowest BCUT2D eigenvalue weighted by Gasteiger charge is -2.06. The van der Waals surface area contributed by atoms with Crippen molar-refractivity contribution >= 4 is 15.6 Å². The molecule has 0 bridgehead atoms. The summed E-state index contributed by atoms with van der Waals surface area (Å²) in [7, 11) is -9.28. The Hall–Kier alpha value is -1.74. The van der Waals surface area contributed by atoms with Gasteiger partial charge in [-0.05, 0) is 17.7 Å². The molecule has 0 saturated carbocycles. The van der Waals surface area contributed by atoms with E-state index in [0.717, 1.165) is 5.56 Å². The summed E-state index contributed by atoms with van der Waals surface area (Å²) in [6.07, 6.45) is 0. The molecule has 0 atom stereocenters. The Kier molecular flexibility index (Phi) is 8.84. The molecule has 0 aliphatic heterocycles. The number of hydrogen-bond acceptors (Lipinski definition) is 4. The van der Waals surface area contributed by atoms with E-state index in [2.05, 4.69) is 0 Å². The van der Waals surface area contributed by atoms with Gasteiger partial charge in [-0.25, -0.2) is 9.13 Å². The number of hydrogen-bond donors (Lipinski definition) is 8. The van der Waals surface area contributed by atoms with Gasteiger partial charge in [0.15, 0.2) is 0 Å². The first kappa shape index (κ1) is 22.3. The van der Waals surface area contributed by atoms with Crippen LogP contribution in [0.15, 0.2) is 48.5 Å². The Morgan fingerprint density at radius 2 is 0.917 bits per heavy atom. The lowest BCUT2D eigenvalue weighted by Crippen LogP contribution is -1.79. The number of phenolic OH excluding ortho intramolecular Hbond substituents is 2. The van der Waals surface area contributed by atoms with Crippen LogP contribution in [0.5, 0.6) is 11.5 Å². The molecule has 12 heteroatoms. The van der Waals surface area contributed by atoms with Crippen LogP contribution in [0.3, 0.4) is 0 Å². The lowest BCUT2D eigenvalue weighted by molar-refractivity contribution is 0.272. The van der Waals surface area contributed by atoms with Crippen LogP contribution in [0, 0.1) is 0 Å². The molecule has 0 saturated heterocycles. The first-order valence-corrected chi connectivity index (χ1v) is 9.05. The molecular formula is C12H16O10P2. The summed E-state index contributed by atoms with van der Waals surface area (Å²) in [5, 5.41) is 19.2. The standard InChI is InChI=1S/C12H10O2.2H3O4P/c13-10-7-4-8-11(14)12(10)9-5-2-1-3-6-9;2*1-5(2,3)4/h1-8,13-14H;2*(H3,1,2,3,4). The van der Waals surface area contributed by atoms with Crippen molar-refractivity contribution < 1.29 is 48.7 Å². The lowest BCUT2D eigenvalue weighted by atomic mass is 10.0. The molecule has 0 unspecified atom stereocenters. The average molecular weight is 382 g/mol. The zero-order valence-electron chi connectivity index (χ0n) is 11.9. The molecule has 8 N–H and O–H groups in total. The molecule has 0 fully saturated rings. The van der Waals surface area contributed by atoms with Crippen LogP contribution in [0.2, 0.25) is 0 Å². The minimum absolute atomic E-state index is 0.0937.